The molecule has 1 fully saturated rings. The molecule has 2 rings (SSSR count). The lowest BCUT2D eigenvalue weighted by molar-refractivity contribution is 0.608. The van der Waals surface area contributed by atoms with Crippen LogP contribution in [0.5, 0.6) is 0 Å². The van der Waals surface area contributed by atoms with Crippen molar-refractivity contribution in [2.45, 2.75) is 52.0 Å². The first-order valence-electron chi connectivity index (χ1n) is 5.41. The predicted molar refractivity (Wildman–Crippen MR) is 56.1 cm³/mol. The zero-order valence-electron chi connectivity index (χ0n) is 8.88. The van der Waals surface area contributed by atoms with Crippen molar-refractivity contribution in [3.05, 3.63) is 23.5 Å². The fourth-order valence-corrected chi connectivity index (χ4v) is 2.01. The maximum atomic E-state index is 2.55. The predicted octanol–water partition coefficient (Wildman–Crippen LogP) is 3.64. The number of aryl methyl sites for hydroxylation is 1. The summed E-state index contributed by atoms with van der Waals surface area (Å²) < 4.78 is 2.55. The summed E-state index contributed by atoms with van der Waals surface area (Å²) >= 11 is 0. The topological polar surface area (TPSA) is 4.93 Å². The molecule has 13 heavy (non-hydrogen) atoms. The zero-order chi connectivity index (χ0) is 9.42. The summed E-state index contributed by atoms with van der Waals surface area (Å²) in [6.45, 7) is 6.82. The van der Waals surface area contributed by atoms with E-state index in [-0.39, 0.29) is 0 Å². The molecule has 1 heteroatoms. The van der Waals surface area contributed by atoms with Gasteiger partial charge in [0.25, 0.3) is 0 Å². The normalized spacial score (nSPS) is 19.0. The van der Waals surface area contributed by atoms with E-state index in [1.54, 1.807) is 5.69 Å². The third-order valence-corrected chi connectivity index (χ3v) is 3.18. The van der Waals surface area contributed by atoms with E-state index in [0.29, 0.717) is 5.92 Å². The lowest BCUT2D eigenvalue weighted by Gasteiger charge is -2.14. The van der Waals surface area contributed by atoms with E-state index >= 15 is 0 Å². The molecule has 1 unspecified atom stereocenters. The smallest absolute Gasteiger partial charge is 0.0337 e. The van der Waals surface area contributed by atoms with Crippen LogP contribution < -0.4 is 0 Å². The molecule has 0 aromatic carbocycles. The fraction of sp³-hybridized carbons (Fsp3) is 0.667. The minimum Gasteiger partial charge on any atom is -0.346 e. The van der Waals surface area contributed by atoms with Gasteiger partial charge in [-0.3, -0.25) is 0 Å². The first kappa shape index (κ1) is 8.86. The molecule has 1 saturated carbocycles. The van der Waals surface area contributed by atoms with Gasteiger partial charge in [-0.2, -0.15) is 0 Å². The van der Waals surface area contributed by atoms with Gasteiger partial charge in [-0.25, -0.2) is 0 Å². The van der Waals surface area contributed by atoms with Crippen molar-refractivity contribution in [3.63, 3.8) is 0 Å². The van der Waals surface area contributed by atoms with Gasteiger partial charge in [0.2, 0.25) is 0 Å². The van der Waals surface area contributed by atoms with Gasteiger partial charge in [-0.1, -0.05) is 13.8 Å². The van der Waals surface area contributed by atoms with Crippen LogP contribution in [0.1, 0.15) is 56.5 Å². The Labute approximate surface area is 80.8 Å². The van der Waals surface area contributed by atoms with Gasteiger partial charge in [0.1, 0.15) is 0 Å². The summed E-state index contributed by atoms with van der Waals surface area (Å²) in [5.74, 6) is 0.717. The Balaban J connectivity index is 2.33. The average molecular weight is 177 g/mol. The summed E-state index contributed by atoms with van der Waals surface area (Å²) in [6, 6.07) is 5.40. The molecule has 1 aromatic rings. The van der Waals surface area contributed by atoms with E-state index in [4.69, 9.17) is 0 Å². The summed E-state index contributed by atoms with van der Waals surface area (Å²) in [4.78, 5) is 0. The van der Waals surface area contributed by atoms with Gasteiger partial charge in [0, 0.05) is 17.4 Å². The van der Waals surface area contributed by atoms with Crippen LogP contribution >= 0.6 is 0 Å². The van der Waals surface area contributed by atoms with Gasteiger partial charge in [0.05, 0.1) is 0 Å². The van der Waals surface area contributed by atoms with Crippen molar-refractivity contribution in [2.24, 2.45) is 0 Å². The van der Waals surface area contributed by atoms with Crippen LogP contribution in [-0.4, -0.2) is 4.57 Å². The maximum Gasteiger partial charge on any atom is 0.0337 e. The van der Waals surface area contributed by atoms with E-state index in [9.17, 15) is 0 Å². The highest BCUT2D eigenvalue weighted by Crippen LogP contribution is 2.39. The van der Waals surface area contributed by atoms with Gasteiger partial charge >= 0.3 is 0 Å². The summed E-state index contributed by atoms with van der Waals surface area (Å²) in [5.41, 5.74) is 2.99. The molecule has 1 aliphatic carbocycles. The van der Waals surface area contributed by atoms with Crippen molar-refractivity contribution in [1.82, 2.24) is 4.57 Å². The van der Waals surface area contributed by atoms with Crippen molar-refractivity contribution < 1.29 is 0 Å². The van der Waals surface area contributed by atoms with E-state index in [0.717, 1.165) is 6.04 Å². The van der Waals surface area contributed by atoms with Crippen molar-refractivity contribution in [3.8, 4) is 0 Å². The van der Waals surface area contributed by atoms with E-state index in [1.807, 2.05) is 0 Å². The molecule has 1 aliphatic rings. The Morgan fingerprint density at radius 1 is 1.46 bits per heavy atom. The Kier molecular flexibility index (Phi) is 2.19. The second-order valence-electron chi connectivity index (χ2n) is 4.31. The quantitative estimate of drug-likeness (QED) is 0.664. The first-order valence-corrected chi connectivity index (χ1v) is 5.41. The number of hydrogen-bond donors (Lipinski definition) is 0. The second kappa shape index (κ2) is 3.21. The second-order valence-corrected chi connectivity index (χ2v) is 4.31. The minimum absolute atomic E-state index is 0.717. The molecule has 1 atom stereocenters. The van der Waals surface area contributed by atoms with E-state index < -0.39 is 0 Å². The third kappa shape index (κ3) is 1.52. The highest BCUT2D eigenvalue weighted by molar-refractivity contribution is 5.21. The Morgan fingerprint density at radius 2 is 2.15 bits per heavy atom. The van der Waals surface area contributed by atoms with Crippen LogP contribution in [0.2, 0.25) is 0 Å². The minimum atomic E-state index is 0.717. The van der Waals surface area contributed by atoms with Crippen LogP contribution in [0, 0.1) is 6.92 Å². The highest BCUT2D eigenvalue weighted by atomic mass is 15.1. The Bertz CT molecular complexity index is 294. The molecular formula is C12H19N. The van der Waals surface area contributed by atoms with Crippen molar-refractivity contribution in [1.29, 1.82) is 0 Å². The molecule has 1 aromatic heterocycles. The standard InChI is InChI=1S/C12H19N/c1-4-9(2)12-8-5-10(3)13(12)11-6-7-11/h5,8-9,11H,4,6-7H2,1-3H3. The number of nitrogens with zero attached hydrogens (tertiary/aromatic N) is 1. The highest BCUT2D eigenvalue weighted by Gasteiger charge is 2.27. The molecule has 0 amide bonds. The largest absolute Gasteiger partial charge is 0.346 e. The van der Waals surface area contributed by atoms with E-state index in [2.05, 4.69) is 37.5 Å². The maximum absolute atomic E-state index is 2.55. The molecule has 0 saturated heterocycles. The Hall–Kier alpha value is -0.720. The molecule has 0 bridgehead atoms. The van der Waals surface area contributed by atoms with Crippen LogP contribution in [0.25, 0.3) is 0 Å². The van der Waals surface area contributed by atoms with Crippen LogP contribution in [0.4, 0.5) is 0 Å². The van der Waals surface area contributed by atoms with E-state index in [1.165, 1.54) is 25.0 Å². The van der Waals surface area contributed by atoms with Crippen molar-refractivity contribution in [2.75, 3.05) is 0 Å². The molecule has 1 heterocycles. The lowest BCUT2D eigenvalue weighted by atomic mass is 10.1. The molecule has 0 aliphatic heterocycles. The zero-order valence-corrected chi connectivity index (χ0v) is 8.88. The average Bonchev–Trinajstić information content (AvgIpc) is 2.89. The molecule has 72 valence electrons. The summed E-state index contributed by atoms with van der Waals surface area (Å²) in [7, 11) is 0. The molecule has 0 N–H and O–H groups in total. The number of hydrogen-bond acceptors (Lipinski definition) is 0. The molecule has 1 nitrogen and oxygen atoms in total. The van der Waals surface area contributed by atoms with Gasteiger partial charge in [-0.15, -0.1) is 0 Å². The fourth-order valence-electron chi connectivity index (χ4n) is 2.01. The monoisotopic (exact) mass is 177 g/mol. The molecule has 0 radical (unpaired) electrons. The third-order valence-electron chi connectivity index (χ3n) is 3.18. The van der Waals surface area contributed by atoms with Crippen LogP contribution in [0.15, 0.2) is 12.1 Å². The first-order chi connectivity index (χ1) is 6.24. The lowest BCUT2D eigenvalue weighted by Crippen LogP contribution is -2.04. The molecule has 0 spiro atoms. The summed E-state index contributed by atoms with van der Waals surface area (Å²) in [6.07, 6.45) is 4.02. The van der Waals surface area contributed by atoms with Crippen LogP contribution in [0.3, 0.4) is 0 Å². The SMILES string of the molecule is CCC(C)c1ccc(C)n1C1CC1. The molecular weight excluding hydrogens is 158 g/mol. The summed E-state index contributed by atoms with van der Waals surface area (Å²) in [5, 5.41) is 0. The van der Waals surface area contributed by atoms with Crippen LogP contribution in [-0.2, 0) is 0 Å². The van der Waals surface area contributed by atoms with Gasteiger partial charge in [-0.05, 0) is 44.2 Å². The van der Waals surface area contributed by atoms with Gasteiger partial charge in [0.15, 0.2) is 0 Å². The van der Waals surface area contributed by atoms with Gasteiger partial charge < -0.3 is 4.57 Å². The number of rotatable bonds is 3. The number of aromatic nitrogens is 1. The Morgan fingerprint density at radius 3 is 2.69 bits per heavy atom. The van der Waals surface area contributed by atoms with Crippen molar-refractivity contribution >= 4 is 0 Å².